The van der Waals surface area contributed by atoms with Crippen LogP contribution in [0.15, 0.2) is 24.3 Å². The standard InChI is InChI=1S/C11H8ClF3N2/c1-6-9(17-10(12)16-6)7-3-2-4-8(5-7)11(13,14)15/h2-5H,1H3,(H,16,17). The van der Waals surface area contributed by atoms with E-state index in [0.29, 0.717) is 17.0 Å². The number of aryl methyl sites for hydroxylation is 1. The molecule has 1 aromatic heterocycles. The zero-order chi connectivity index (χ0) is 12.6. The molecule has 1 N–H and O–H groups in total. The summed E-state index contributed by atoms with van der Waals surface area (Å²) in [6.45, 7) is 1.70. The summed E-state index contributed by atoms with van der Waals surface area (Å²) in [6, 6.07) is 4.99. The van der Waals surface area contributed by atoms with Gasteiger partial charge >= 0.3 is 6.18 Å². The van der Waals surface area contributed by atoms with Crippen LogP contribution in [-0.4, -0.2) is 9.97 Å². The molecule has 0 aliphatic rings. The van der Waals surface area contributed by atoms with Crippen LogP contribution in [0.4, 0.5) is 13.2 Å². The topological polar surface area (TPSA) is 28.7 Å². The van der Waals surface area contributed by atoms with Crippen LogP contribution in [0.1, 0.15) is 11.3 Å². The average Bonchev–Trinajstić information content (AvgIpc) is 2.57. The summed E-state index contributed by atoms with van der Waals surface area (Å²) in [5, 5.41) is 0.162. The van der Waals surface area contributed by atoms with Gasteiger partial charge in [0.15, 0.2) is 0 Å². The van der Waals surface area contributed by atoms with Crippen molar-refractivity contribution in [3.63, 3.8) is 0 Å². The van der Waals surface area contributed by atoms with Crippen molar-refractivity contribution in [3.8, 4) is 11.3 Å². The van der Waals surface area contributed by atoms with Crippen molar-refractivity contribution in [2.24, 2.45) is 0 Å². The van der Waals surface area contributed by atoms with Gasteiger partial charge in [-0.2, -0.15) is 13.2 Å². The van der Waals surface area contributed by atoms with Gasteiger partial charge in [0.1, 0.15) is 0 Å². The number of hydrogen-bond donors (Lipinski definition) is 1. The number of imidazole rings is 1. The van der Waals surface area contributed by atoms with Crippen molar-refractivity contribution in [2.45, 2.75) is 13.1 Å². The third-order valence-corrected chi connectivity index (χ3v) is 2.50. The maximum Gasteiger partial charge on any atom is 0.416 e. The minimum atomic E-state index is -4.36. The molecule has 0 saturated heterocycles. The number of nitrogens with zero attached hydrogens (tertiary/aromatic N) is 1. The second-order valence-corrected chi connectivity index (χ2v) is 3.94. The monoisotopic (exact) mass is 260 g/mol. The Kier molecular flexibility index (Phi) is 2.87. The Hall–Kier alpha value is -1.49. The fraction of sp³-hybridized carbons (Fsp3) is 0.182. The molecular formula is C11H8ClF3N2. The molecule has 0 spiro atoms. The summed E-state index contributed by atoms with van der Waals surface area (Å²) in [5.74, 6) is 0. The van der Waals surface area contributed by atoms with Gasteiger partial charge in [-0.25, -0.2) is 4.98 Å². The van der Waals surface area contributed by atoms with Crippen molar-refractivity contribution in [1.82, 2.24) is 9.97 Å². The summed E-state index contributed by atoms with van der Waals surface area (Å²) < 4.78 is 37.6. The lowest BCUT2D eigenvalue weighted by Crippen LogP contribution is -2.04. The van der Waals surface area contributed by atoms with Gasteiger partial charge in [0.2, 0.25) is 5.28 Å². The van der Waals surface area contributed by atoms with Gasteiger partial charge in [-0.1, -0.05) is 12.1 Å². The zero-order valence-electron chi connectivity index (χ0n) is 8.77. The molecular weight excluding hydrogens is 253 g/mol. The largest absolute Gasteiger partial charge is 0.416 e. The molecule has 2 nitrogen and oxygen atoms in total. The van der Waals surface area contributed by atoms with E-state index in [0.717, 1.165) is 12.1 Å². The second-order valence-electron chi connectivity index (χ2n) is 3.58. The molecule has 0 bridgehead atoms. The fourth-order valence-electron chi connectivity index (χ4n) is 1.55. The summed E-state index contributed by atoms with van der Waals surface area (Å²) >= 11 is 5.66. The van der Waals surface area contributed by atoms with Crippen molar-refractivity contribution in [3.05, 3.63) is 40.8 Å². The highest BCUT2D eigenvalue weighted by Crippen LogP contribution is 2.32. The zero-order valence-corrected chi connectivity index (χ0v) is 9.52. The van der Waals surface area contributed by atoms with Gasteiger partial charge in [-0.15, -0.1) is 0 Å². The number of rotatable bonds is 1. The maximum absolute atomic E-state index is 12.5. The minimum Gasteiger partial charge on any atom is -0.332 e. The van der Waals surface area contributed by atoms with E-state index in [4.69, 9.17) is 11.6 Å². The molecule has 0 aliphatic carbocycles. The van der Waals surface area contributed by atoms with Gasteiger partial charge in [0.25, 0.3) is 0 Å². The van der Waals surface area contributed by atoms with Gasteiger partial charge in [0.05, 0.1) is 11.3 Å². The van der Waals surface area contributed by atoms with Crippen LogP contribution in [0.25, 0.3) is 11.3 Å². The lowest BCUT2D eigenvalue weighted by molar-refractivity contribution is -0.137. The third-order valence-electron chi connectivity index (χ3n) is 2.32. The molecule has 0 fully saturated rings. The van der Waals surface area contributed by atoms with E-state index >= 15 is 0 Å². The Morgan fingerprint density at radius 1 is 1.29 bits per heavy atom. The van der Waals surface area contributed by atoms with Gasteiger partial charge in [-0.05, 0) is 30.7 Å². The van der Waals surface area contributed by atoms with Crippen LogP contribution in [0.2, 0.25) is 5.28 Å². The minimum absolute atomic E-state index is 0.162. The van der Waals surface area contributed by atoms with Crippen LogP contribution in [0.5, 0.6) is 0 Å². The van der Waals surface area contributed by atoms with E-state index in [1.165, 1.54) is 6.07 Å². The first-order chi connectivity index (χ1) is 7.88. The number of hydrogen-bond acceptors (Lipinski definition) is 1. The molecule has 0 aliphatic heterocycles. The molecule has 6 heteroatoms. The van der Waals surface area contributed by atoms with Crippen molar-refractivity contribution in [2.75, 3.05) is 0 Å². The summed E-state index contributed by atoms with van der Waals surface area (Å²) in [4.78, 5) is 6.68. The Balaban J connectivity index is 2.50. The maximum atomic E-state index is 12.5. The Morgan fingerprint density at radius 3 is 2.53 bits per heavy atom. The predicted octanol–water partition coefficient (Wildman–Crippen LogP) is 4.06. The second kappa shape index (κ2) is 4.07. The van der Waals surface area contributed by atoms with E-state index in [1.54, 1.807) is 13.0 Å². The van der Waals surface area contributed by atoms with Gasteiger partial charge < -0.3 is 4.98 Å². The van der Waals surface area contributed by atoms with E-state index in [9.17, 15) is 13.2 Å². The van der Waals surface area contributed by atoms with Gasteiger partial charge in [0, 0.05) is 11.3 Å². The Bertz CT molecular complexity index is 546. The molecule has 0 radical (unpaired) electrons. The Labute approximate surface area is 100 Å². The van der Waals surface area contributed by atoms with Crippen molar-refractivity contribution >= 4 is 11.6 Å². The van der Waals surface area contributed by atoms with Crippen LogP contribution < -0.4 is 0 Å². The van der Waals surface area contributed by atoms with Crippen LogP contribution in [-0.2, 0) is 6.18 Å². The number of aromatic nitrogens is 2. The quantitative estimate of drug-likeness (QED) is 0.823. The normalized spacial score (nSPS) is 11.8. The smallest absolute Gasteiger partial charge is 0.332 e. The number of benzene rings is 1. The number of nitrogens with one attached hydrogen (secondary N) is 1. The van der Waals surface area contributed by atoms with E-state index in [1.807, 2.05) is 0 Å². The van der Waals surface area contributed by atoms with Crippen LogP contribution in [0, 0.1) is 6.92 Å². The summed E-state index contributed by atoms with van der Waals surface area (Å²) in [5.41, 5.74) is 0.754. The molecule has 90 valence electrons. The molecule has 17 heavy (non-hydrogen) atoms. The highest BCUT2D eigenvalue weighted by atomic mass is 35.5. The van der Waals surface area contributed by atoms with E-state index < -0.39 is 11.7 Å². The van der Waals surface area contributed by atoms with Crippen molar-refractivity contribution in [1.29, 1.82) is 0 Å². The summed E-state index contributed by atoms with van der Waals surface area (Å²) in [7, 11) is 0. The Morgan fingerprint density at radius 2 is 2.00 bits per heavy atom. The van der Waals surface area contributed by atoms with E-state index in [-0.39, 0.29) is 5.28 Å². The molecule has 0 amide bonds. The number of halogens is 4. The predicted molar refractivity (Wildman–Crippen MR) is 58.8 cm³/mol. The third kappa shape index (κ3) is 2.44. The van der Waals surface area contributed by atoms with Crippen LogP contribution >= 0.6 is 11.6 Å². The number of alkyl halides is 3. The number of aromatic amines is 1. The molecule has 1 heterocycles. The highest BCUT2D eigenvalue weighted by molar-refractivity contribution is 6.28. The molecule has 0 saturated carbocycles. The fourth-order valence-corrected chi connectivity index (χ4v) is 1.77. The molecule has 0 unspecified atom stereocenters. The van der Waals surface area contributed by atoms with E-state index in [2.05, 4.69) is 9.97 Å². The average molecular weight is 261 g/mol. The first kappa shape index (κ1) is 12.0. The lowest BCUT2D eigenvalue weighted by atomic mass is 10.1. The summed E-state index contributed by atoms with van der Waals surface area (Å²) in [6.07, 6.45) is -4.36. The number of H-pyrrole nitrogens is 1. The van der Waals surface area contributed by atoms with Crippen LogP contribution in [0.3, 0.4) is 0 Å². The molecule has 1 aromatic carbocycles. The highest BCUT2D eigenvalue weighted by Gasteiger charge is 2.30. The first-order valence-corrected chi connectivity index (χ1v) is 5.15. The van der Waals surface area contributed by atoms with Crippen molar-refractivity contribution < 1.29 is 13.2 Å². The molecule has 2 rings (SSSR count). The molecule has 2 aromatic rings. The SMILES string of the molecule is Cc1[nH]c(Cl)nc1-c1cccc(C(F)(F)F)c1. The van der Waals surface area contributed by atoms with Gasteiger partial charge in [-0.3, -0.25) is 0 Å². The lowest BCUT2D eigenvalue weighted by Gasteiger charge is -2.07. The first-order valence-electron chi connectivity index (χ1n) is 4.77. The molecule has 0 atom stereocenters.